The van der Waals surface area contributed by atoms with E-state index in [2.05, 4.69) is 15.2 Å². The smallest absolute Gasteiger partial charge is 0.153 e. The van der Waals surface area contributed by atoms with Gasteiger partial charge in [0.15, 0.2) is 5.82 Å². The first-order valence-corrected chi connectivity index (χ1v) is 6.57. The summed E-state index contributed by atoms with van der Waals surface area (Å²) >= 11 is 0. The Morgan fingerprint density at radius 3 is 2.74 bits per heavy atom. The minimum Gasteiger partial charge on any atom is -0.263 e. The van der Waals surface area contributed by atoms with E-state index in [0.717, 1.165) is 24.7 Å². The Kier molecular flexibility index (Phi) is 3.27. The van der Waals surface area contributed by atoms with Gasteiger partial charge >= 0.3 is 0 Å². The van der Waals surface area contributed by atoms with Gasteiger partial charge in [-0.05, 0) is 24.5 Å². The minimum absolute atomic E-state index is 0.311. The Morgan fingerprint density at radius 1 is 1.21 bits per heavy atom. The fraction of sp³-hybridized carbons (Fsp3) is 0.429. The summed E-state index contributed by atoms with van der Waals surface area (Å²) in [6.45, 7) is 0. The molecule has 0 spiro atoms. The zero-order valence-corrected chi connectivity index (χ0v) is 10.5. The lowest BCUT2D eigenvalue weighted by Crippen LogP contribution is -1.97. The summed E-state index contributed by atoms with van der Waals surface area (Å²) in [5.74, 6) is 0.787. The lowest BCUT2D eigenvalue weighted by molar-refractivity contribution is 0.573. The van der Waals surface area contributed by atoms with Gasteiger partial charge in [0.1, 0.15) is 17.5 Å². The van der Waals surface area contributed by atoms with Crippen molar-refractivity contribution in [3.63, 3.8) is 0 Å². The number of rotatable bonds is 3. The number of nitrogens with one attached hydrogen (secondary N) is 1. The van der Waals surface area contributed by atoms with Crippen molar-refractivity contribution in [2.45, 2.75) is 38.0 Å². The normalized spacial score (nSPS) is 16.1. The van der Waals surface area contributed by atoms with Crippen LogP contribution in [0.1, 0.15) is 48.8 Å². The molecule has 100 valence electrons. The summed E-state index contributed by atoms with van der Waals surface area (Å²) in [4.78, 5) is 4.42. The highest BCUT2D eigenvalue weighted by Crippen LogP contribution is 2.31. The molecule has 3 nitrogen and oxygen atoms in total. The number of hydrogen-bond donors (Lipinski definition) is 1. The van der Waals surface area contributed by atoms with E-state index >= 15 is 0 Å². The van der Waals surface area contributed by atoms with Crippen molar-refractivity contribution < 1.29 is 8.78 Å². The van der Waals surface area contributed by atoms with E-state index in [9.17, 15) is 8.78 Å². The van der Waals surface area contributed by atoms with E-state index in [-0.39, 0.29) is 0 Å². The van der Waals surface area contributed by atoms with Crippen LogP contribution in [0.25, 0.3) is 0 Å². The van der Waals surface area contributed by atoms with E-state index < -0.39 is 11.6 Å². The molecule has 1 aliphatic carbocycles. The molecule has 1 aliphatic rings. The second-order valence-electron chi connectivity index (χ2n) is 5.03. The van der Waals surface area contributed by atoms with Crippen LogP contribution in [0.5, 0.6) is 0 Å². The molecule has 19 heavy (non-hydrogen) atoms. The molecular formula is C14H15F2N3. The van der Waals surface area contributed by atoms with Gasteiger partial charge in [-0.15, -0.1) is 0 Å². The highest BCUT2D eigenvalue weighted by molar-refractivity contribution is 5.22. The molecule has 0 unspecified atom stereocenters. The summed E-state index contributed by atoms with van der Waals surface area (Å²) in [6, 6.07) is 3.60. The molecule has 0 atom stereocenters. The molecule has 3 rings (SSSR count). The Hall–Kier alpha value is -1.78. The highest BCUT2D eigenvalue weighted by atomic mass is 19.1. The third-order valence-electron chi connectivity index (χ3n) is 3.64. The topological polar surface area (TPSA) is 41.6 Å². The predicted octanol–water partition coefficient (Wildman–Crippen LogP) is 3.33. The van der Waals surface area contributed by atoms with Gasteiger partial charge in [-0.3, -0.25) is 5.10 Å². The zero-order chi connectivity index (χ0) is 13.2. The van der Waals surface area contributed by atoms with Gasteiger partial charge in [-0.1, -0.05) is 18.9 Å². The van der Waals surface area contributed by atoms with Crippen LogP contribution in [0.4, 0.5) is 8.78 Å². The van der Waals surface area contributed by atoms with Crippen molar-refractivity contribution in [2.24, 2.45) is 0 Å². The standard InChI is InChI=1S/C14H15F2N3/c15-11-6-5-10(12(16)8-11)7-13-17-14(19-18-13)9-3-1-2-4-9/h5-6,8-9H,1-4,7H2,(H,17,18,19). The van der Waals surface area contributed by atoms with Crippen LogP contribution in [0.3, 0.4) is 0 Å². The van der Waals surface area contributed by atoms with Crippen LogP contribution in [-0.2, 0) is 6.42 Å². The molecule has 1 heterocycles. The van der Waals surface area contributed by atoms with Crippen LogP contribution in [0.15, 0.2) is 18.2 Å². The molecule has 0 radical (unpaired) electrons. The first-order chi connectivity index (χ1) is 9.22. The van der Waals surface area contributed by atoms with E-state index in [0.29, 0.717) is 23.7 Å². The van der Waals surface area contributed by atoms with Crippen LogP contribution in [0.2, 0.25) is 0 Å². The van der Waals surface area contributed by atoms with E-state index in [4.69, 9.17) is 0 Å². The molecule has 1 aromatic carbocycles. The molecule has 0 amide bonds. The molecule has 1 N–H and O–H groups in total. The molecule has 1 saturated carbocycles. The third kappa shape index (κ3) is 2.64. The number of aromatic nitrogens is 3. The Bertz CT molecular complexity index is 574. The molecule has 0 bridgehead atoms. The van der Waals surface area contributed by atoms with Gasteiger partial charge in [0, 0.05) is 18.4 Å². The number of benzene rings is 1. The van der Waals surface area contributed by atoms with E-state index in [1.54, 1.807) is 0 Å². The second-order valence-corrected chi connectivity index (χ2v) is 5.03. The van der Waals surface area contributed by atoms with Crippen molar-refractivity contribution in [1.29, 1.82) is 0 Å². The molecule has 0 aliphatic heterocycles. The first-order valence-electron chi connectivity index (χ1n) is 6.57. The van der Waals surface area contributed by atoms with Crippen molar-refractivity contribution in [3.05, 3.63) is 47.0 Å². The second kappa shape index (κ2) is 5.07. The molecule has 1 fully saturated rings. The minimum atomic E-state index is -0.564. The van der Waals surface area contributed by atoms with Crippen LogP contribution >= 0.6 is 0 Å². The lowest BCUT2D eigenvalue weighted by Gasteiger charge is -2.02. The number of halogens is 2. The molecule has 5 heteroatoms. The summed E-state index contributed by atoms with van der Waals surface area (Å²) in [6.07, 6.45) is 5.01. The fourth-order valence-electron chi connectivity index (χ4n) is 2.60. The van der Waals surface area contributed by atoms with E-state index in [1.165, 1.54) is 25.0 Å². The first kappa shape index (κ1) is 12.3. The molecular weight excluding hydrogens is 248 g/mol. The maximum Gasteiger partial charge on any atom is 0.153 e. The SMILES string of the molecule is Fc1ccc(Cc2nc(C3CCCC3)n[nH]2)c(F)c1. The number of H-pyrrole nitrogens is 1. The number of nitrogens with zero attached hydrogens (tertiary/aromatic N) is 2. The van der Waals surface area contributed by atoms with Gasteiger partial charge in [0.2, 0.25) is 0 Å². The van der Waals surface area contributed by atoms with Gasteiger partial charge in [0.25, 0.3) is 0 Å². The Morgan fingerprint density at radius 2 is 2.00 bits per heavy atom. The summed E-state index contributed by atoms with van der Waals surface area (Å²) < 4.78 is 26.4. The Balaban J connectivity index is 1.76. The van der Waals surface area contributed by atoms with E-state index in [1.807, 2.05) is 0 Å². The summed E-state index contributed by atoms with van der Waals surface area (Å²) in [5, 5.41) is 7.06. The maximum absolute atomic E-state index is 13.5. The fourth-order valence-corrected chi connectivity index (χ4v) is 2.60. The number of aromatic amines is 1. The van der Waals surface area contributed by atoms with Crippen molar-refractivity contribution in [2.75, 3.05) is 0 Å². The van der Waals surface area contributed by atoms with Crippen LogP contribution < -0.4 is 0 Å². The molecule has 2 aromatic rings. The average Bonchev–Trinajstić information content (AvgIpc) is 3.03. The maximum atomic E-state index is 13.5. The van der Waals surface area contributed by atoms with Gasteiger partial charge in [-0.2, -0.15) is 5.10 Å². The van der Waals surface area contributed by atoms with Crippen molar-refractivity contribution in [3.8, 4) is 0 Å². The molecule has 0 saturated heterocycles. The van der Waals surface area contributed by atoms with Crippen molar-refractivity contribution >= 4 is 0 Å². The van der Waals surface area contributed by atoms with Gasteiger partial charge in [0.05, 0.1) is 0 Å². The van der Waals surface area contributed by atoms with Crippen LogP contribution in [-0.4, -0.2) is 15.2 Å². The number of hydrogen-bond acceptors (Lipinski definition) is 2. The van der Waals surface area contributed by atoms with Crippen LogP contribution in [0, 0.1) is 11.6 Å². The Labute approximate surface area is 110 Å². The lowest BCUT2D eigenvalue weighted by atomic mass is 10.1. The quantitative estimate of drug-likeness (QED) is 0.922. The predicted molar refractivity (Wildman–Crippen MR) is 66.8 cm³/mol. The third-order valence-corrected chi connectivity index (χ3v) is 3.64. The van der Waals surface area contributed by atoms with Gasteiger partial charge in [-0.25, -0.2) is 13.8 Å². The van der Waals surface area contributed by atoms with Gasteiger partial charge < -0.3 is 0 Å². The largest absolute Gasteiger partial charge is 0.263 e. The van der Waals surface area contributed by atoms with Crippen molar-refractivity contribution in [1.82, 2.24) is 15.2 Å². The monoisotopic (exact) mass is 263 g/mol. The average molecular weight is 263 g/mol. The summed E-state index contributed by atoms with van der Waals surface area (Å²) in [7, 11) is 0. The molecule has 1 aromatic heterocycles. The highest BCUT2D eigenvalue weighted by Gasteiger charge is 2.21. The zero-order valence-electron chi connectivity index (χ0n) is 10.5. The summed E-state index contributed by atoms with van der Waals surface area (Å²) in [5.41, 5.74) is 0.426.